The molecule has 1 aromatic carbocycles. The number of nitrogens with one attached hydrogen (secondary N) is 2. The van der Waals surface area contributed by atoms with E-state index in [-0.39, 0.29) is 12.4 Å². The van der Waals surface area contributed by atoms with Crippen molar-refractivity contribution in [2.45, 2.75) is 13.8 Å². The molecule has 2 aromatic rings. The van der Waals surface area contributed by atoms with E-state index in [0.29, 0.717) is 11.3 Å². The van der Waals surface area contributed by atoms with Gasteiger partial charge in [-0.25, -0.2) is 0 Å². The van der Waals surface area contributed by atoms with Crippen LogP contribution >= 0.6 is 0 Å². The fourth-order valence-electron chi connectivity index (χ4n) is 1.76. The highest BCUT2D eigenvalue weighted by Crippen LogP contribution is 2.06. The van der Waals surface area contributed by atoms with Crippen LogP contribution in [0.1, 0.15) is 21.7 Å². The molecule has 2 N–H and O–H groups in total. The molecule has 0 aliphatic carbocycles. The molecule has 0 spiro atoms. The van der Waals surface area contributed by atoms with Crippen LogP contribution in [0.5, 0.6) is 0 Å². The first-order valence-corrected chi connectivity index (χ1v) is 7.17. The highest BCUT2D eigenvalue weighted by atomic mass is 16.5. The molecule has 0 saturated carbocycles. The molecule has 1 aromatic heterocycles. The number of anilines is 1. The average molecular weight is 331 g/mol. The van der Waals surface area contributed by atoms with Crippen molar-refractivity contribution in [3.8, 4) is 0 Å². The third-order valence-corrected chi connectivity index (χ3v) is 2.97. The number of carbonyl (C=O) groups is 3. The zero-order chi connectivity index (χ0) is 17.5. The number of rotatable bonds is 6. The molecule has 0 aliphatic heterocycles. The quantitative estimate of drug-likeness (QED) is 0.770. The predicted octanol–water partition coefficient (Wildman–Crippen LogP) is 1.20. The van der Waals surface area contributed by atoms with Crippen LogP contribution in [0.2, 0.25) is 0 Å². The van der Waals surface area contributed by atoms with Crippen molar-refractivity contribution < 1.29 is 23.6 Å². The second-order valence-corrected chi connectivity index (χ2v) is 5.08. The van der Waals surface area contributed by atoms with E-state index in [2.05, 4.69) is 15.8 Å². The van der Waals surface area contributed by atoms with E-state index in [1.165, 1.54) is 6.07 Å². The molecule has 24 heavy (non-hydrogen) atoms. The lowest BCUT2D eigenvalue weighted by molar-refractivity contribution is -0.146. The summed E-state index contributed by atoms with van der Waals surface area (Å²) in [7, 11) is 0. The molecule has 0 saturated heterocycles. The first-order chi connectivity index (χ1) is 11.4. The van der Waals surface area contributed by atoms with E-state index in [1.807, 2.05) is 6.92 Å². The van der Waals surface area contributed by atoms with Crippen molar-refractivity contribution in [3.05, 3.63) is 47.2 Å². The molecule has 0 fully saturated rings. The first-order valence-electron chi connectivity index (χ1n) is 7.17. The standard InChI is InChI=1S/C16H17N3O5/c1-10-3-5-12(6-4-10)16(22)17-8-15(21)23-9-14(20)18-13-7-11(2)24-19-13/h3-7H,8-9H2,1-2H3,(H,17,22)(H,18,19,20). The minimum absolute atomic E-state index is 0.237. The van der Waals surface area contributed by atoms with Gasteiger partial charge in [-0.3, -0.25) is 14.4 Å². The minimum Gasteiger partial charge on any atom is -0.454 e. The Balaban J connectivity index is 1.70. The topological polar surface area (TPSA) is 111 Å². The summed E-state index contributed by atoms with van der Waals surface area (Å²) >= 11 is 0. The molecule has 0 radical (unpaired) electrons. The summed E-state index contributed by atoms with van der Waals surface area (Å²) in [4.78, 5) is 34.9. The van der Waals surface area contributed by atoms with Gasteiger partial charge in [-0.05, 0) is 26.0 Å². The maximum absolute atomic E-state index is 11.8. The summed E-state index contributed by atoms with van der Waals surface area (Å²) in [6.45, 7) is 2.78. The number of esters is 1. The number of aromatic nitrogens is 1. The monoisotopic (exact) mass is 331 g/mol. The van der Waals surface area contributed by atoms with Crippen LogP contribution < -0.4 is 10.6 Å². The highest BCUT2D eigenvalue weighted by Gasteiger charge is 2.12. The van der Waals surface area contributed by atoms with Crippen molar-refractivity contribution in [3.63, 3.8) is 0 Å². The zero-order valence-corrected chi connectivity index (χ0v) is 13.3. The smallest absolute Gasteiger partial charge is 0.325 e. The Morgan fingerprint density at radius 1 is 1.17 bits per heavy atom. The SMILES string of the molecule is Cc1ccc(C(=O)NCC(=O)OCC(=O)Nc2cc(C)on2)cc1. The lowest BCUT2D eigenvalue weighted by Gasteiger charge is -2.06. The van der Waals surface area contributed by atoms with Crippen molar-refractivity contribution in [1.29, 1.82) is 0 Å². The van der Waals surface area contributed by atoms with Gasteiger partial charge in [0.2, 0.25) is 0 Å². The second-order valence-electron chi connectivity index (χ2n) is 5.08. The fourth-order valence-corrected chi connectivity index (χ4v) is 1.76. The summed E-state index contributed by atoms with van der Waals surface area (Å²) in [5, 5.41) is 8.41. The van der Waals surface area contributed by atoms with Crippen molar-refractivity contribution in [2.75, 3.05) is 18.5 Å². The lowest BCUT2D eigenvalue weighted by atomic mass is 10.1. The van der Waals surface area contributed by atoms with Crippen LogP contribution in [-0.2, 0) is 14.3 Å². The third kappa shape index (κ3) is 5.24. The summed E-state index contributed by atoms with van der Waals surface area (Å²) in [5.41, 5.74) is 1.46. The van der Waals surface area contributed by atoms with E-state index in [1.54, 1.807) is 31.2 Å². The molecule has 8 nitrogen and oxygen atoms in total. The van der Waals surface area contributed by atoms with Crippen LogP contribution in [0, 0.1) is 13.8 Å². The van der Waals surface area contributed by atoms with E-state index in [9.17, 15) is 14.4 Å². The lowest BCUT2D eigenvalue weighted by Crippen LogP contribution is -2.32. The fraction of sp³-hybridized carbons (Fsp3) is 0.250. The summed E-state index contributed by atoms with van der Waals surface area (Å²) in [6, 6.07) is 8.43. The minimum atomic E-state index is -0.720. The van der Waals surface area contributed by atoms with Gasteiger partial charge >= 0.3 is 5.97 Å². The molecule has 0 bridgehead atoms. The van der Waals surface area contributed by atoms with Crippen molar-refractivity contribution in [2.24, 2.45) is 0 Å². The molecule has 1 heterocycles. The van der Waals surface area contributed by atoms with Gasteiger partial charge in [0.25, 0.3) is 11.8 Å². The van der Waals surface area contributed by atoms with E-state index >= 15 is 0 Å². The van der Waals surface area contributed by atoms with Crippen LogP contribution in [0.4, 0.5) is 5.82 Å². The van der Waals surface area contributed by atoms with Crippen LogP contribution in [0.15, 0.2) is 34.9 Å². The number of ether oxygens (including phenoxy) is 1. The number of benzene rings is 1. The van der Waals surface area contributed by atoms with Gasteiger partial charge in [0.15, 0.2) is 12.4 Å². The molecule has 0 atom stereocenters. The molecule has 126 valence electrons. The Kier molecular flexibility index (Phi) is 5.67. The molecule has 2 rings (SSSR count). The van der Waals surface area contributed by atoms with Gasteiger partial charge in [0, 0.05) is 11.6 Å². The number of amides is 2. The number of carbonyl (C=O) groups excluding carboxylic acids is 3. The first kappa shape index (κ1) is 17.2. The average Bonchev–Trinajstić information content (AvgIpc) is 2.96. The summed E-state index contributed by atoms with van der Waals surface area (Å²) < 4.78 is 9.55. The molecule has 8 heteroatoms. The molecule has 2 amide bonds. The van der Waals surface area contributed by atoms with E-state index < -0.39 is 24.4 Å². The van der Waals surface area contributed by atoms with E-state index in [0.717, 1.165) is 5.56 Å². The Bertz CT molecular complexity index is 736. The largest absolute Gasteiger partial charge is 0.454 e. The van der Waals surface area contributed by atoms with Gasteiger partial charge in [-0.15, -0.1) is 0 Å². The van der Waals surface area contributed by atoms with Crippen LogP contribution in [-0.4, -0.2) is 36.1 Å². The molecule has 0 unspecified atom stereocenters. The molecular formula is C16H17N3O5. The maximum Gasteiger partial charge on any atom is 0.325 e. The number of nitrogens with zero attached hydrogens (tertiary/aromatic N) is 1. The number of aryl methyl sites for hydroxylation is 2. The van der Waals surface area contributed by atoms with Gasteiger partial charge in [0.05, 0.1) is 0 Å². The molecule has 0 aliphatic rings. The Morgan fingerprint density at radius 2 is 1.88 bits per heavy atom. The molecular weight excluding hydrogens is 314 g/mol. The second kappa shape index (κ2) is 7.91. The van der Waals surface area contributed by atoms with Crippen LogP contribution in [0.3, 0.4) is 0 Å². The van der Waals surface area contributed by atoms with Gasteiger partial charge in [-0.1, -0.05) is 22.9 Å². The predicted molar refractivity (Wildman–Crippen MR) is 84.3 cm³/mol. The normalized spacial score (nSPS) is 10.1. The number of hydrogen-bond acceptors (Lipinski definition) is 6. The van der Waals surface area contributed by atoms with Gasteiger partial charge < -0.3 is 19.9 Å². The van der Waals surface area contributed by atoms with Gasteiger partial charge in [0.1, 0.15) is 12.3 Å². The zero-order valence-electron chi connectivity index (χ0n) is 13.3. The Labute approximate surface area is 138 Å². The summed E-state index contributed by atoms with van der Waals surface area (Å²) in [5.74, 6) is -0.889. The van der Waals surface area contributed by atoms with Crippen molar-refractivity contribution in [1.82, 2.24) is 10.5 Å². The van der Waals surface area contributed by atoms with Crippen LogP contribution in [0.25, 0.3) is 0 Å². The Hall–Kier alpha value is -3.16. The number of hydrogen-bond donors (Lipinski definition) is 2. The van der Waals surface area contributed by atoms with E-state index in [4.69, 9.17) is 9.26 Å². The van der Waals surface area contributed by atoms with Crippen molar-refractivity contribution >= 4 is 23.6 Å². The van der Waals surface area contributed by atoms with Gasteiger partial charge in [-0.2, -0.15) is 0 Å². The Morgan fingerprint density at radius 3 is 2.50 bits per heavy atom. The maximum atomic E-state index is 11.8. The summed E-state index contributed by atoms with van der Waals surface area (Å²) in [6.07, 6.45) is 0. The highest BCUT2D eigenvalue weighted by molar-refractivity contribution is 5.96. The third-order valence-electron chi connectivity index (χ3n) is 2.97.